The van der Waals surface area contributed by atoms with Crippen molar-refractivity contribution in [2.24, 2.45) is 0 Å². The van der Waals surface area contributed by atoms with E-state index in [0.717, 1.165) is 0 Å². The molecule has 0 unspecified atom stereocenters. The quantitative estimate of drug-likeness (QED) is 0.712. The zero-order valence-electron chi connectivity index (χ0n) is 7.55. The molecule has 76 valence electrons. The number of halogens is 3. The van der Waals surface area contributed by atoms with Crippen molar-refractivity contribution in [1.29, 1.82) is 0 Å². The van der Waals surface area contributed by atoms with Crippen LogP contribution >= 0.6 is 27.5 Å². The molecule has 1 nitrogen and oxygen atoms in total. The molecule has 0 saturated heterocycles. The minimum atomic E-state index is -0.362. The van der Waals surface area contributed by atoms with E-state index in [1.165, 1.54) is 12.1 Å². The Labute approximate surface area is 100 Å². The average molecular weight is 287 g/mol. The normalized spacial score (nSPS) is 10.3. The zero-order valence-corrected chi connectivity index (χ0v) is 9.89. The van der Waals surface area contributed by atoms with Gasteiger partial charge >= 0.3 is 0 Å². The molecule has 0 atom stereocenters. The molecule has 2 aromatic rings. The van der Waals surface area contributed by atoms with Crippen LogP contribution in [-0.2, 0) is 0 Å². The zero-order chi connectivity index (χ0) is 10.8. The number of hydrogen-bond acceptors (Lipinski definition) is 1. The molecule has 0 aliphatic rings. The number of rotatable bonds is 1. The van der Waals surface area contributed by atoms with Crippen LogP contribution in [0.25, 0.3) is 11.3 Å². The molecule has 0 N–H and O–H groups in total. The van der Waals surface area contributed by atoms with E-state index in [9.17, 15) is 4.39 Å². The predicted octanol–water partition coefficient (Wildman–Crippen LogP) is 4.30. The number of benzene rings is 1. The van der Waals surface area contributed by atoms with Crippen molar-refractivity contribution < 1.29 is 4.39 Å². The van der Waals surface area contributed by atoms with Gasteiger partial charge < -0.3 is 0 Å². The average Bonchev–Trinajstić information content (AvgIpc) is 2.16. The van der Waals surface area contributed by atoms with Gasteiger partial charge in [0.2, 0.25) is 0 Å². The first kappa shape index (κ1) is 10.6. The largest absolute Gasteiger partial charge is 0.241 e. The van der Waals surface area contributed by atoms with Gasteiger partial charge in [-0.2, -0.15) is 0 Å². The molecule has 0 aliphatic heterocycles. The molecule has 0 amide bonds. The molecule has 0 bridgehead atoms. The summed E-state index contributed by atoms with van der Waals surface area (Å²) in [6.07, 6.45) is 0. The molecule has 0 aliphatic carbocycles. The first-order chi connectivity index (χ1) is 7.15. The highest BCUT2D eigenvalue weighted by Gasteiger charge is 2.03. The molecule has 0 saturated carbocycles. The van der Waals surface area contributed by atoms with E-state index in [1.54, 1.807) is 12.1 Å². The second-order valence-corrected chi connectivity index (χ2v) is 4.25. The first-order valence-electron chi connectivity index (χ1n) is 4.24. The van der Waals surface area contributed by atoms with Gasteiger partial charge in [-0.05, 0) is 46.3 Å². The Balaban J connectivity index is 2.54. The maximum absolute atomic E-state index is 13.1. The van der Waals surface area contributed by atoms with Crippen molar-refractivity contribution in [2.75, 3.05) is 0 Å². The summed E-state index contributed by atoms with van der Waals surface area (Å²) in [5, 5.41) is 0.367. The molecule has 15 heavy (non-hydrogen) atoms. The monoisotopic (exact) mass is 285 g/mol. The summed E-state index contributed by atoms with van der Waals surface area (Å²) in [7, 11) is 0. The highest BCUT2D eigenvalue weighted by molar-refractivity contribution is 9.10. The van der Waals surface area contributed by atoms with Gasteiger partial charge in [0.25, 0.3) is 0 Å². The van der Waals surface area contributed by atoms with Crippen LogP contribution in [0.5, 0.6) is 0 Å². The summed E-state index contributed by atoms with van der Waals surface area (Å²) >= 11 is 9.02. The van der Waals surface area contributed by atoms with Crippen LogP contribution in [-0.4, -0.2) is 4.98 Å². The lowest BCUT2D eigenvalue weighted by Gasteiger charge is -2.02. The van der Waals surface area contributed by atoms with Crippen LogP contribution in [0, 0.1) is 5.82 Å². The van der Waals surface area contributed by atoms with Gasteiger partial charge in [0, 0.05) is 10.6 Å². The molecule has 0 fully saturated rings. The maximum atomic E-state index is 13.1. The smallest absolute Gasteiger partial charge is 0.125 e. The van der Waals surface area contributed by atoms with Crippen molar-refractivity contribution in [3.05, 3.63) is 51.8 Å². The minimum absolute atomic E-state index is 0.362. The maximum Gasteiger partial charge on any atom is 0.125 e. The van der Waals surface area contributed by atoms with Crippen molar-refractivity contribution in [1.82, 2.24) is 4.98 Å². The number of hydrogen-bond donors (Lipinski definition) is 0. The standard InChI is InChI=1S/C11H6BrClFN/c12-11-3-1-2-10(15-11)7-4-8(13)6-9(14)5-7/h1-6H. The van der Waals surface area contributed by atoms with Gasteiger partial charge in [-0.1, -0.05) is 17.7 Å². The minimum Gasteiger partial charge on any atom is -0.241 e. The Morgan fingerprint density at radius 3 is 2.67 bits per heavy atom. The number of aromatic nitrogens is 1. The van der Waals surface area contributed by atoms with Gasteiger partial charge in [0.15, 0.2) is 0 Å². The molecule has 1 heterocycles. The Kier molecular flexibility index (Phi) is 3.03. The fourth-order valence-corrected chi connectivity index (χ4v) is 1.84. The molecular formula is C11H6BrClFN. The van der Waals surface area contributed by atoms with E-state index in [-0.39, 0.29) is 5.82 Å². The molecule has 2 rings (SSSR count). The molecular weight excluding hydrogens is 280 g/mol. The Hall–Kier alpha value is -0.930. The Morgan fingerprint density at radius 2 is 2.00 bits per heavy atom. The lowest BCUT2D eigenvalue weighted by Crippen LogP contribution is -1.85. The third kappa shape index (κ3) is 2.55. The Morgan fingerprint density at radius 1 is 1.20 bits per heavy atom. The summed E-state index contributed by atoms with van der Waals surface area (Å²) < 4.78 is 13.8. The van der Waals surface area contributed by atoms with Crippen LogP contribution in [0.4, 0.5) is 4.39 Å². The van der Waals surface area contributed by atoms with Crippen LogP contribution in [0.2, 0.25) is 5.02 Å². The van der Waals surface area contributed by atoms with Crippen molar-refractivity contribution in [3.63, 3.8) is 0 Å². The van der Waals surface area contributed by atoms with E-state index in [0.29, 0.717) is 20.9 Å². The summed E-state index contributed by atoms with van der Waals surface area (Å²) in [6, 6.07) is 9.80. The topological polar surface area (TPSA) is 12.9 Å². The van der Waals surface area contributed by atoms with Crippen LogP contribution in [0.3, 0.4) is 0 Å². The third-order valence-electron chi connectivity index (χ3n) is 1.87. The summed E-state index contributed by atoms with van der Waals surface area (Å²) in [5.41, 5.74) is 1.35. The van der Waals surface area contributed by atoms with E-state index in [1.807, 2.05) is 12.1 Å². The van der Waals surface area contributed by atoms with Crippen molar-refractivity contribution in [3.8, 4) is 11.3 Å². The number of pyridine rings is 1. The third-order valence-corrected chi connectivity index (χ3v) is 2.53. The summed E-state index contributed by atoms with van der Waals surface area (Å²) in [6.45, 7) is 0. The molecule has 1 aromatic heterocycles. The lowest BCUT2D eigenvalue weighted by atomic mass is 10.1. The summed E-state index contributed by atoms with van der Waals surface area (Å²) in [4.78, 5) is 4.22. The predicted molar refractivity (Wildman–Crippen MR) is 62.3 cm³/mol. The lowest BCUT2D eigenvalue weighted by molar-refractivity contribution is 0.628. The van der Waals surface area contributed by atoms with Gasteiger partial charge in [-0.25, -0.2) is 9.37 Å². The van der Waals surface area contributed by atoms with Gasteiger partial charge in [-0.15, -0.1) is 0 Å². The van der Waals surface area contributed by atoms with E-state index in [4.69, 9.17) is 11.6 Å². The van der Waals surface area contributed by atoms with Crippen LogP contribution in [0.1, 0.15) is 0 Å². The highest BCUT2D eigenvalue weighted by atomic mass is 79.9. The van der Waals surface area contributed by atoms with E-state index >= 15 is 0 Å². The Bertz CT molecular complexity index is 481. The van der Waals surface area contributed by atoms with Crippen LogP contribution in [0.15, 0.2) is 41.0 Å². The fourth-order valence-electron chi connectivity index (χ4n) is 1.27. The SMILES string of the molecule is Fc1cc(Cl)cc(-c2cccc(Br)n2)c1. The van der Waals surface area contributed by atoms with Gasteiger partial charge in [-0.3, -0.25) is 0 Å². The second kappa shape index (κ2) is 4.29. The van der Waals surface area contributed by atoms with Crippen molar-refractivity contribution in [2.45, 2.75) is 0 Å². The molecule has 0 radical (unpaired) electrons. The molecule has 4 heteroatoms. The van der Waals surface area contributed by atoms with E-state index in [2.05, 4.69) is 20.9 Å². The van der Waals surface area contributed by atoms with Crippen LogP contribution < -0.4 is 0 Å². The second-order valence-electron chi connectivity index (χ2n) is 3.00. The first-order valence-corrected chi connectivity index (χ1v) is 5.41. The number of nitrogens with zero attached hydrogens (tertiary/aromatic N) is 1. The van der Waals surface area contributed by atoms with Gasteiger partial charge in [0.05, 0.1) is 5.69 Å². The highest BCUT2D eigenvalue weighted by Crippen LogP contribution is 2.23. The van der Waals surface area contributed by atoms with Gasteiger partial charge in [0.1, 0.15) is 10.4 Å². The summed E-state index contributed by atoms with van der Waals surface area (Å²) in [5.74, 6) is -0.362. The van der Waals surface area contributed by atoms with E-state index < -0.39 is 0 Å². The molecule has 1 aromatic carbocycles. The fraction of sp³-hybridized carbons (Fsp3) is 0. The van der Waals surface area contributed by atoms with Crippen molar-refractivity contribution >= 4 is 27.5 Å². The molecule has 0 spiro atoms.